The second-order valence-corrected chi connectivity index (χ2v) is 5.16. The smallest absolute Gasteiger partial charge is 0.159 e. The monoisotopic (exact) mass is 322 g/mol. The van der Waals surface area contributed by atoms with Gasteiger partial charge in [-0.25, -0.2) is 14.4 Å². The molecule has 0 amide bonds. The van der Waals surface area contributed by atoms with Gasteiger partial charge in [0.15, 0.2) is 5.78 Å². The highest BCUT2D eigenvalue weighted by Gasteiger charge is 2.05. The molecular weight excluding hydrogens is 307 g/mol. The van der Waals surface area contributed by atoms with Gasteiger partial charge in [0.1, 0.15) is 23.8 Å². The Labute approximate surface area is 138 Å². The standard InChI is InChI=1S/C18H15FN4O/c1-12(24)13-5-4-6-14(9-13)22-17-10-18(21-11-20-17)23-16-8-3-2-7-15(16)19/h2-11H,1H3,(H2,20,21,22,23). The van der Waals surface area contributed by atoms with Crippen LogP contribution in [0, 0.1) is 5.82 Å². The molecule has 0 aliphatic heterocycles. The lowest BCUT2D eigenvalue weighted by Gasteiger charge is -2.09. The lowest BCUT2D eigenvalue weighted by Crippen LogP contribution is -2.00. The number of hydrogen-bond donors (Lipinski definition) is 2. The van der Waals surface area contributed by atoms with Crippen LogP contribution in [0.3, 0.4) is 0 Å². The summed E-state index contributed by atoms with van der Waals surface area (Å²) < 4.78 is 13.7. The van der Waals surface area contributed by atoms with Crippen LogP contribution in [0.4, 0.5) is 27.4 Å². The van der Waals surface area contributed by atoms with E-state index >= 15 is 0 Å². The molecule has 120 valence electrons. The molecule has 24 heavy (non-hydrogen) atoms. The molecule has 0 aliphatic carbocycles. The fourth-order valence-corrected chi connectivity index (χ4v) is 2.16. The molecule has 0 fully saturated rings. The number of Topliss-reactive ketones (excluding diaryl/α,β-unsaturated/α-hetero) is 1. The van der Waals surface area contributed by atoms with Gasteiger partial charge in [-0.3, -0.25) is 4.79 Å². The number of para-hydroxylation sites is 1. The minimum absolute atomic E-state index is 0.0109. The summed E-state index contributed by atoms with van der Waals surface area (Å²) in [4.78, 5) is 19.7. The Hall–Kier alpha value is -3.28. The van der Waals surface area contributed by atoms with Crippen LogP contribution >= 0.6 is 0 Å². The Bertz CT molecular complexity index is 882. The van der Waals surface area contributed by atoms with E-state index in [1.54, 1.807) is 42.5 Å². The molecule has 6 heteroatoms. The van der Waals surface area contributed by atoms with Gasteiger partial charge in [0, 0.05) is 17.3 Å². The van der Waals surface area contributed by atoms with Crippen molar-refractivity contribution in [3.05, 3.63) is 72.3 Å². The molecule has 0 unspecified atom stereocenters. The number of ketones is 1. The topological polar surface area (TPSA) is 66.9 Å². The number of carbonyl (C=O) groups excluding carboxylic acids is 1. The average Bonchev–Trinajstić information content (AvgIpc) is 2.57. The van der Waals surface area contributed by atoms with Gasteiger partial charge < -0.3 is 10.6 Å². The number of nitrogens with zero attached hydrogens (tertiary/aromatic N) is 2. The second-order valence-electron chi connectivity index (χ2n) is 5.16. The highest BCUT2D eigenvalue weighted by Crippen LogP contribution is 2.21. The summed E-state index contributed by atoms with van der Waals surface area (Å²) in [7, 11) is 0. The molecular formula is C18H15FN4O. The van der Waals surface area contributed by atoms with Crippen LogP contribution < -0.4 is 10.6 Å². The number of benzene rings is 2. The lowest BCUT2D eigenvalue weighted by atomic mass is 10.1. The van der Waals surface area contributed by atoms with Crippen LogP contribution in [0.25, 0.3) is 0 Å². The second kappa shape index (κ2) is 6.87. The average molecular weight is 322 g/mol. The molecule has 0 saturated heterocycles. The SMILES string of the molecule is CC(=O)c1cccc(Nc2cc(Nc3ccccc3F)ncn2)c1. The van der Waals surface area contributed by atoms with Crippen molar-refractivity contribution < 1.29 is 9.18 Å². The van der Waals surface area contributed by atoms with Crippen molar-refractivity contribution in [1.82, 2.24) is 9.97 Å². The molecule has 2 aromatic carbocycles. The Balaban J connectivity index is 1.79. The van der Waals surface area contributed by atoms with Crippen LogP contribution in [0.2, 0.25) is 0 Å². The molecule has 1 aromatic heterocycles. The van der Waals surface area contributed by atoms with Gasteiger partial charge in [-0.05, 0) is 31.2 Å². The molecule has 1 heterocycles. The molecule has 0 atom stereocenters. The summed E-state index contributed by atoms with van der Waals surface area (Å²) in [6.07, 6.45) is 1.38. The van der Waals surface area contributed by atoms with Gasteiger partial charge in [-0.1, -0.05) is 24.3 Å². The van der Waals surface area contributed by atoms with Gasteiger partial charge in [0.2, 0.25) is 0 Å². The summed E-state index contributed by atoms with van der Waals surface area (Å²) in [5.41, 5.74) is 1.68. The van der Waals surface area contributed by atoms with Crippen LogP contribution in [0.5, 0.6) is 0 Å². The predicted octanol–water partition coefficient (Wildman–Crippen LogP) is 4.31. The van der Waals surface area contributed by atoms with Crippen LogP contribution in [0.15, 0.2) is 60.9 Å². The maximum atomic E-state index is 13.7. The molecule has 2 N–H and O–H groups in total. The predicted molar refractivity (Wildman–Crippen MR) is 91.4 cm³/mol. The van der Waals surface area contributed by atoms with Crippen molar-refractivity contribution in [2.75, 3.05) is 10.6 Å². The largest absolute Gasteiger partial charge is 0.340 e. The van der Waals surface area contributed by atoms with E-state index in [2.05, 4.69) is 20.6 Å². The minimum atomic E-state index is -0.361. The van der Waals surface area contributed by atoms with Crippen molar-refractivity contribution >= 4 is 28.8 Å². The first-order chi connectivity index (χ1) is 11.6. The number of rotatable bonds is 5. The molecule has 0 bridgehead atoms. The van der Waals surface area contributed by atoms with E-state index in [4.69, 9.17) is 0 Å². The molecule has 0 aliphatic rings. The third kappa shape index (κ3) is 3.73. The first-order valence-electron chi connectivity index (χ1n) is 7.33. The number of halogens is 1. The van der Waals surface area contributed by atoms with Gasteiger partial charge in [0.05, 0.1) is 5.69 Å². The zero-order chi connectivity index (χ0) is 16.9. The van der Waals surface area contributed by atoms with Crippen molar-refractivity contribution in [3.63, 3.8) is 0 Å². The minimum Gasteiger partial charge on any atom is -0.340 e. The van der Waals surface area contributed by atoms with E-state index in [0.29, 0.717) is 22.9 Å². The third-order valence-corrected chi connectivity index (χ3v) is 3.35. The van der Waals surface area contributed by atoms with E-state index in [-0.39, 0.29) is 11.6 Å². The molecule has 3 rings (SSSR count). The van der Waals surface area contributed by atoms with Crippen molar-refractivity contribution in [1.29, 1.82) is 0 Å². The highest BCUT2D eigenvalue weighted by molar-refractivity contribution is 5.95. The van der Waals surface area contributed by atoms with Gasteiger partial charge in [0.25, 0.3) is 0 Å². The molecule has 5 nitrogen and oxygen atoms in total. The number of carbonyl (C=O) groups is 1. The van der Waals surface area contributed by atoms with Crippen LogP contribution in [-0.2, 0) is 0 Å². The number of aromatic nitrogens is 2. The summed E-state index contributed by atoms with van der Waals surface area (Å²) >= 11 is 0. The maximum absolute atomic E-state index is 13.7. The molecule has 0 spiro atoms. The van der Waals surface area contributed by atoms with Crippen molar-refractivity contribution in [2.24, 2.45) is 0 Å². The molecule has 3 aromatic rings. The quantitative estimate of drug-likeness (QED) is 0.685. The van der Waals surface area contributed by atoms with Crippen molar-refractivity contribution in [3.8, 4) is 0 Å². The molecule has 0 saturated carbocycles. The van der Waals surface area contributed by atoms with Crippen LogP contribution in [0.1, 0.15) is 17.3 Å². The fourth-order valence-electron chi connectivity index (χ4n) is 2.16. The zero-order valence-corrected chi connectivity index (χ0v) is 13.0. The van der Waals surface area contributed by atoms with Gasteiger partial charge in [-0.2, -0.15) is 0 Å². The first kappa shape index (κ1) is 15.6. The van der Waals surface area contributed by atoms with Crippen LogP contribution in [-0.4, -0.2) is 15.8 Å². The Morgan fingerprint density at radius 1 is 0.958 bits per heavy atom. The summed E-state index contributed by atoms with van der Waals surface area (Å²) in [5.74, 6) is 0.618. The first-order valence-corrected chi connectivity index (χ1v) is 7.33. The number of nitrogens with one attached hydrogen (secondary N) is 2. The number of anilines is 4. The van der Waals surface area contributed by atoms with Gasteiger partial charge >= 0.3 is 0 Å². The van der Waals surface area contributed by atoms with E-state index in [1.165, 1.54) is 19.3 Å². The number of hydrogen-bond acceptors (Lipinski definition) is 5. The Morgan fingerprint density at radius 3 is 2.46 bits per heavy atom. The fraction of sp³-hybridized carbons (Fsp3) is 0.0556. The van der Waals surface area contributed by atoms with E-state index in [9.17, 15) is 9.18 Å². The van der Waals surface area contributed by atoms with Crippen molar-refractivity contribution in [2.45, 2.75) is 6.92 Å². The highest BCUT2D eigenvalue weighted by atomic mass is 19.1. The summed E-state index contributed by atoms with van der Waals surface area (Å²) in [6.45, 7) is 1.51. The lowest BCUT2D eigenvalue weighted by molar-refractivity contribution is 0.101. The van der Waals surface area contributed by atoms with E-state index < -0.39 is 0 Å². The van der Waals surface area contributed by atoms with Gasteiger partial charge in [-0.15, -0.1) is 0 Å². The summed E-state index contributed by atoms with van der Waals surface area (Å²) in [5, 5.41) is 6.01. The normalized spacial score (nSPS) is 10.2. The Kier molecular flexibility index (Phi) is 4.47. The van der Waals surface area contributed by atoms with E-state index in [0.717, 1.165) is 5.69 Å². The zero-order valence-electron chi connectivity index (χ0n) is 13.0. The third-order valence-electron chi connectivity index (χ3n) is 3.35. The van der Waals surface area contributed by atoms with E-state index in [1.807, 2.05) is 6.07 Å². The molecule has 0 radical (unpaired) electrons. The Morgan fingerprint density at radius 2 is 1.71 bits per heavy atom. The summed E-state index contributed by atoms with van der Waals surface area (Å²) in [6, 6.07) is 15.1. The maximum Gasteiger partial charge on any atom is 0.159 e.